The lowest BCUT2D eigenvalue weighted by Gasteiger charge is -2.25. The van der Waals surface area contributed by atoms with Gasteiger partial charge in [-0.05, 0) is 72.0 Å². The van der Waals surface area contributed by atoms with E-state index in [9.17, 15) is 27.2 Å². The summed E-state index contributed by atoms with van der Waals surface area (Å²) in [5.74, 6) is -2.08. The van der Waals surface area contributed by atoms with Crippen LogP contribution in [-0.4, -0.2) is 67.2 Å². The predicted octanol–water partition coefficient (Wildman–Crippen LogP) is 5.84. The number of halogens is 1. The van der Waals surface area contributed by atoms with Crippen molar-refractivity contribution in [2.45, 2.75) is 44.6 Å². The molecule has 2 amide bonds. The van der Waals surface area contributed by atoms with Crippen LogP contribution < -0.4 is 20.7 Å². The highest BCUT2D eigenvalue weighted by Gasteiger charge is 2.31. The molecule has 2 aromatic heterocycles. The predicted molar refractivity (Wildman–Crippen MR) is 195 cm³/mol. The van der Waals surface area contributed by atoms with Crippen LogP contribution in [0.4, 0.5) is 26.5 Å². The van der Waals surface area contributed by atoms with Gasteiger partial charge >= 0.3 is 12.1 Å². The summed E-state index contributed by atoms with van der Waals surface area (Å²) < 4.78 is 55.1. The monoisotopic (exact) mass is 746 g/mol. The maximum Gasteiger partial charge on any atom is 0.424 e. The summed E-state index contributed by atoms with van der Waals surface area (Å²) in [7, 11) is -2.33. The third-order valence-electron chi connectivity index (χ3n) is 8.34. The van der Waals surface area contributed by atoms with Crippen molar-refractivity contribution in [1.29, 1.82) is 0 Å². The number of sulfone groups is 1. The Labute approximate surface area is 305 Å². The summed E-state index contributed by atoms with van der Waals surface area (Å²) in [5, 5.41) is 7.38. The first-order valence-corrected chi connectivity index (χ1v) is 18.2. The maximum absolute atomic E-state index is 13.6. The van der Waals surface area contributed by atoms with Gasteiger partial charge in [-0.15, -0.1) is 5.10 Å². The van der Waals surface area contributed by atoms with Crippen LogP contribution in [0.15, 0.2) is 90.0 Å². The van der Waals surface area contributed by atoms with Crippen LogP contribution in [0.1, 0.15) is 39.2 Å². The van der Waals surface area contributed by atoms with Crippen LogP contribution in [0.25, 0.3) is 16.8 Å². The van der Waals surface area contributed by atoms with Crippen molar-refractivity contribution in [3.05, 3.63) is 96.4 Å². The third-order valence-corrected chi connectivity index (χ3v) is 9.45. The molecule has 5 aromatic rings. The van der Waals surface area contributed by atoms with E-state index >= 15 is 0 Å². The van der Waals surface area contributed by atoms with Crippen molar-refractivity contribution in [1.82, 2.24) is 14.6 Å². The fourth-order valence-electron chi connectivity index (χ4n) is 5.04. The number of amides is 2. The summed E-state index contributed by atoms with van der Waals surface area (Å²) >= 11 is 0. The summed E-state index contributed by atoms with van der Waals surface area (Å²) in [4.78, 5) is 44.3. The van der Waals surface area contributed by atoms with E-state index in [2.05, 4.69) is 15.4 Å². The number of esters is 1. The molecular formula is C37H39FN6O8S. The summed E-state index contributed by atoms with van der Waals surface area (Å²) in [6.45, 7) is 6.23. The van der Waals surface area contributed by atoms with Crippen molar-refractivity contribution in [2.75, 3.05) is 30.4 Å². The second-order valence-corrected chi connectivity index (χ2v) is 15.3. The van der Waals surface area contributed by atoms with Crippen LogP contribution in [-0.2, 0) is 28.9 Å². The summed E-state index contributed by atoms with van der Waals surface area (Å²) in [5.41, 5.74) is 8.48. The molecule has 2 atom stereocenters. The minimum atomic E-state index is -3.64. The number of anilines is 3. The van der Waals surface area contributed by atoms with Gasteiger partial charge in [-0.25, -0.2) is 27.0 Å². The molecule has 3 aromatic carbocycles. The van der Waals surface area contributed by atoms with Crippen LogP contribution in [0.5, 0.6) is 5.75 Å². The van der Waals surface area contributed by atoms with Gasteiger partial charge in [0.25, 0.3) is 5.95 Å². The topological polar surface area (TPSA) is 185 Å². The molecule has 0 saturated heterocycles. The lowest BCUT2D eigenvalue weighted by molar-refractivity contribution is -0.155. The van der Waals surface area contributed by atoms with Crippen LogP contribution in [0.2, 0.25) is 0 Å². The molecular weight excluding hydrogens is 708 g/mol. The number of carbonyl (C=O) groups is 3. The first-order valence-electron chi connectivity index (χ1n) is 16.3. The fraction of sp³-hybridized carbons (Fsp3) is 0.270. The van der Waals surface area contributed by atoms with Gasteiger partial charge in [0.1, 0.15) is 17.6 Å². The Bertz CT molecular complexity index is 2250. The van der Waals surface area contributed by atoms with Crippen LogP contribution in [0.3, 0.4) is 0 Å². The number of pyridine rings is 1. The van der Waals surface area contributed by atoms with Gasteiger partial charge in [0, 0.05) is 29.8 Å². The van der Waals surface area contributed by atoms with Gasteiger partial charge in [-0.3, -0.25) is 9.59 Å². The average Bonchev–Trinajstić information content (AvgIpc) is 3.53. The highest BCUT2D eigenvalue weighted by atomic mass is 32.2. The lowest BCUT2D eigenvalue weighted by atomic mass is 9.87. The smallest absolute Gasteiger partial charge is 0.424 e. The minimum Gasteiger partial charge on any atom is -0.495 e. The van der Waals surface area contributed by atoms with Crippen LogP contribution in [0, 0.1) is 11.2 Å². The van der Waals surface area contributed by atoms with E-state index in [0.29, 0.717) is 16.9 Å². The molecule has 0 bridgehead atoms. The molecule has 2 heterocycles. The van der Waals surface area contributed by atoms with E-state index in [4.69, 9.17) is 19.9 Å². The number of hydrogen-bond acceptors (Lipinski definition) is 11. The molecule has 278 valence electrons. The molecule has 16 heteroatoms. The standard InChI is InChI=1S/C37H39FN6O8S/c1-22(23-7-12-26(38)13-8-23)33(45)40-27-14-9-24(10-15-27)25-11-18-31-41-35(42-43(31)20-25)44(29-17-16-28(53(6,48)49)19-30(29)50-5)36(47)52-21-51-34(46)32(39)37(2,3)4/h7-20,22,32H,21,39H2,1-6H3,(H,40,45)/t22-,32-/m1/s1. The van der Waals surface area contributed by atoms with E-state index < -0.39 is 46.1 Å². The second-order valence-electron chi connectivity index (χ2n) is 13.2. The van der Waals surface area contributed by atoms with Gasteiger partial charge in [0.2, 0.25) is 12.7 Å². The van der Waals surface area contributed by atoms with E-state index in [0.717, 1.165) is 22.3 Å². The van der Waals surface area contributed by atoms with Crippen LogP contribution >= 0.6 is 0 Å². The first-order chi connectivity index (χ1) is 25.0. The number of methoxy groups -OCH3 is 1. The normalized spacial score (nSPS) is 12.8. The number of benzene rings is 3. The number of ether oxygens (including phenoxy) is 3. The molecule has 0 aliphatic heterocycles. The van der Waals surface area contributed by atoms with E-state index in [1.54, 1.807) is 70.3 Å². The Morgan fingerprint density at radius 3 is 2.25 bits per heavy atom. The molecule has 53 heavy (non-hydrogen) atoms. The number of nitrogens with one attached hydrogen (secondary N) is 1. The first kappa shape index (κ1) is 38.4. The Kier molecular flexibility index (Phi) is 11.1. The molecule has 0 unspecified atom stereocenters. The number of carbonyl (C=O) groups excluding carboxylic acids is 3. The molecule has 14 nitrogen and oxygen atoms in total. The third kappa shape index (κ3) is 8.96. The summed E-state index contributed by atoms with van der Waals surface area (Å²) in [6, 6.07) is 19.2. The van der Waals surface area contributed by atoms with E-state index in [1.807, 2.05) is 12.1 Å². The van der Waals surface area contributed by atoms with Gasteiger partial charge < -0.3 is 25.3 Å². The molecule has 5 rings (SSSR count). The average molecular weight is 747 g/mol. The SMILES string of the molecule is COc1cc(S(C)(=O)=O)ccc1N(C(=O)OCOC(=O)[C@@H](N)C(C)(C)C)c1nc2ccc(-c3ccc(NC(=O)[C@H](C)c4ccc(F)cc4)cc3)cn2n1. The summed E-state index contributed by atoms with van der Waals surface area (Å²) in [6.07, 6.45) is 1.65. The molecule has 0 saturated carbocycles. The van der Waals surface area contributed by atoms with E-state index in [-0.39, 0.29) is 34.0 Å². The molecule has 3 N–H and O–H groups in total. The highest BCUT2D eigenvalue weighted by Crippen LogP contribution is 2.35. The van der Waals surface area contributed by atoms with Crippen molar-refractivity contribution < 1.29 is 41.4 Å². The Morgan fingerprint density at radius 1 is 0.962 bits per heavy atom. The number of fused-ring (bicyclic) bond motifs is 1. The Morgan fingerprint density at radius 2 is 1.62 bits per heavy atom. The number of rotatable bonds is 11. The second kappa shape index (κ2) is 15.4. The molecule has 0 spiro atoms. The number of nitrogens with two attached hydrogens (primary N) is 1. The zero-order chi connectivity index (χ0) is 38.7. The molecule has 0 aliphatic carbocycles. The van der Waals surface area contributed by atoms with E-state index in [1.165, 1.54) is 42.0 Å². The number of aromatic nitrogens is 3. The number of hydrogen-bond donors (Lipinski definition) is 2. The van der Waals surface area contributed by atoms with Gasteiger partial charge in [-0.2, -0.15) is 4.98 Å². The van der Waals surface area contributed by atoms with Crippen molar-refractivity contribution >= 4 is 50.8 Å². The lowest BCUT2D eigenvalue weighted by Crippen LogP contribution is -2.43. The zero-order valence-corrected chi connectivity index (χ0v) is 30.7. The van der Waals surface area contributed by atoms with Gasteiger partial charge in [0.15, 0.2) is 15.5 Å². The van der Waals surface area contributed by atoms with Gasteiger partial charge in [0.05, 0.1) is 23.6 Å². The highest BCUT2D eigenvalue weighted by molar-refractivity contribution is 7.90. The molecule has 0 fully saturated rings. The maximum atomic E-state index is 13.6. The Hall–Kier alpha value is -5.87. The van der Waals surface area contributed by atoms with Crippen molar-refractivity contribution in [3.8, 4) is 16.9 Å². The molecule has 0 radical (unpaired) electrons. The fourth-order valence-corrected chi connectivity index (χ4v) is 5.68. The van der Waals surface area contributed by atoms with Gasteiger partial charge in [-0.1, -0.05) is 45.0 Å². The Balaban J connectivity index is 1.41. The zero-order valence-electron chi connectivity index (χ0n) is 29.9. The minimum absolute atomic E-state index is 0.00425. The molecule has 0 aliphatic rings. The van der Waals surface area contributed by atoms with Crippen molar-refractivity contribution in [3.63, 3.8) is 0 Å². The largest absolute Gasteiger partial charge is 0.495 e. The quantitative estimate of drug-likeness (QED) is 0.122. The van der Waals surface area contributed by atoms with Crippen molar-refractivity contribution in [2.24, 2.45) is 11.1 Å². The number of nitrogens with zero attached hydrogens (tertiary/aromatic N) is 4.